The Bertz CT molecular complexity index is 3410. The van der Waals surface area contributed by atoms with Gasteiger partial charge < -0.3 is 36.3 Å². The van der Waals surface area contributed by atoms with Crippen molar-refractivity contribution in [2.75, 3.05) is 75.6 Å². The Morgan fingerprint density at radius 2 is 0.935 bits per heavy atom. The van der Waals surface area contributed by atoms with Gasteiger partial charge in [0.25, 0.3) is 0 Å². The van der Waals surface area contributed by atoms with Crippen molar-refractivity contribution in [2.24, 2.45) is 23.5 Å². The number of nitrogen functional groups attached to an aromatic ring is 1. The van der Waals surface area contributed by atoms with Gasteiger partial charge in [-0.1, -0.05) is 11.6 Å². The number of fused-ring (bicyclic) bond motifs is 3. The lowest BCUT2D eigenvalue weighted by Gasteiger charge is -2.22. The molecule has 3 fully saturated rings. The van der Waals surface area contributed by atoms with Gasteiger partial charge in [-0.15, -0.1) is 0 Å². The molecular formula is C48H54ClN21O7. The number of rotatable bonds is 12. The summed E-state index contributed by atoms with van der Waals surface area (Å²) in [5.74, 6) is 3.82. The van der Waals surface area contributed by atoms with Crippen LogP contribution in [0.4, 0.5) is 28.7 Å². The van der Waals surface area contributed by atoms with E-state index in [0.717, 1.165) is 120 Å². The summed E-state index contributed by atoms with van der Waals surface area (Å²) in [5, 5.41) is 40.9. The van der Waals surface area contributed by atoms with E-state index < -0.39 is 9.85 Å². The summed E-state index contributed by atoms with van der Waals surface area (Å²) in [6, 6.07) is 0. The van der Waals surface area contributed by atoms with Crippen LogP contribution in [-0.4, -0.2) is 143 Å². The van der Waals surface area contributed by atoms with Gasteiger partial charge in [0.2, 0.25) is 11.0 Å². The Balaban J connectivity index is 0.000000132. The van der Waals surface area contributed by atoms with Crippen LogP contribution >= 0.6 is 11.6 Å². The maximum Gasteiger partial charge on any atom is 0.329 e. The fraction of sp³-hybridized carbons (Fsp3) is 0.375. The van der Waals surface area contributed by atoms with E-state index in [1.165, 1.54) is 6.20 Å². The number of nitrogens with two attached hydrogens (primary N) is 2. The number of anilines is 3. The van der Waals surface area contributed by atoms with Crippen LogP contribution in [0.15, 0.2) is 93.0 Å². The molecule has 29 heteroatoms. The van der Waals surface area contributed by atoms with Gasteiger partial charge in [0.15, 0.2) is 23.3 Å². The van der Waals surface area contributed by atoms with Crippen molar-refractivity contribution in [2.45, 2.75) is 38.5 Å². The van der Waals surface area contributed by atoms with E-state index in [9.17, 15) is 20.2 Å². The Labute approximate surface area is 443 Å². The second-order valence-electron chi connectivity index (χ2n) is 17.9. The van der Waals surface area contributed by atoms with Crippen LogP contribution in [0, 0.1) is 38.0 Å². The first-order chi connectivity index (χ1) is 37.6. The van der Waals surface area contributed by atoms with Gasteiger partial charge in [-0.25, -0.2) is 43.5 Å². The fourth-order valence-corrected chi connectivity index (χ4v) is 8.62. The molecule has 12 heterocycles. The first kappa shape index (κ1) is 53.3. The van der Waals surface area contributed by atoms with Gasteiger partial charge in [0, 0.05) is 89.9 Å². The van der Waals surface area contributed by atoms with Crippen LogP contribution in [0.2, 0.25) is 5.15 Å². The highest BCUT2D eigenvalue weighted by molar-refractivity contribution is 6.31. The molecular weight excluding hydrogens is 1020 g/mol. The van der Waals surface area contributed by atoms with Crippen molar-refractivity contribution in [1.29, 1.82) is 0 Å². The Morgan fingerprint density at radius 1 is 0.545 bits per heavy atom. The number of halogens is 1. The predicted octanol–water partition coefficient (Wildman–Crippen LogP) is 5.66. The summed E-state index contributed by atoms with van der Waals surface area (Å²) < 4.78 is 20.9. The zero-order chi connectivity index (χ0) is 53.5. The van der Waals surface area contributed by atoms with E-state index in [1.54, 1.807) is 94.1 Å². The lowest BCUT2D eigenvalue weighted by molar-refractivity contribution is -0.385. The van der Waals surface area contributed by atoms with Gasteiger partial charge in [-0.05, 0) is 62.8 Å². The van der Waals surface area contributed by atoms with Crippen LogP contribution in [0.5, 0.6) is 0 Å². The largest absolute Gasteiger partial charge is 0.394 e. The van der Waals surface area contributed by atoms with E-state index in [1.807, 2.05) is 0 Å². The molecule has 3 saturated heterocycles. The summed E-state index contributed by atoms with van der Waals surface area (Å²) in [5.41, 5.74) is 15.9. The molecule has 3 aliphatic rings. The molecule has 0 atom stereocenters. The van der Waals surface area contributed by atoms with Gasteiger partial charge in [-0.3, -0.25) is 35.2 Å². The normalized spacial score (nSPS) is 15.1. The zero-order valence-electron chi connectivity index (χ0n) is 41.5. The molecule has 0 aliphatic carbocycles. The van der Waals surface area contributed by atoms with E-state index in [-0.39, 0.29) is 28.2 Å². The van der Waals surface area contributed by atoms with Crippen LogP contribution < -0.4 is 22.1 Å². The smallest absolute Gasteiger partial charge is 0.329 e. The molecule has 0 aromatic carbocycles. The Hall–Kier alpha value is -8.57. The van der Waals surface area contributed by atoms with Crippen LogP contribution in [0.3, 0.4) is 0 Å². The second-order valence-corrected chi connectivity index (χ2v) is 18.2. The van der Waals surface area contributed by atoms with E-state index >= 15 is 0 Å². The number of hydrogen-bond donors (Lipinski definition) is 4. The molecule has 0 unspecified atom stereocenters. The Kier molecular flexibility index (Phi) is 17.8. The molecule has 6 N–H and O–H groups in total. The third kappa shape index (κ3) is 13.5. The first-order valence-electron chi connectivity index (χ1n) is 24.7. The average Bonchev–Trinajstić information content (AvgIpc) is 4.27. The summed E-state index contributed by atoms with van der Waals surface area (Å²) >= 11 is 5.76. The van der Waals surface area contributed by atoms with E-state index in [0.29, 0.717) is 58.2 Å². The molecule has 0 spiro atoms. The molecule has 3 aliphatic heterocycles. The second kappa shape index (κ2) is 25.8. The van der Waals surface area contributed by atoms with Crippen molar-refractivity contribution < 1.29 is 24.1 Å². The van der Waals surface area contributed by atoms with Crippen molar-refractivity contribution in [3.63, 3.8) is 0 Å². The van der Waals surface area contributed by atoms with E-state index in [4.69, 9.17) is 37.3 Å². The molecule has 0 radical (unpaired) electrons. The number of ether oxygens (including phenoxy) is 3. The third-order valence-corrected chi connectivity index (χ3v) is 13.2. The summed E-state index contributed by atoms with van der Waals surface area (Å²) in [4.78, 5) is 58.4. The fourth-order valence-electron chi connectivity index (χ4n) is 8.42. The van der Waals surface area contributed by atoms with Crippen LogP contribution in [-0.2, 0) is 14.2 Å². The minimum Gasteiger partial charge on any atom is -0.394 e. The lowest BCUT2D eigenvalue weighted by atomic mass is 10.0. The first-order valence-corrected chi connectivity index (χ1v) is 25.1. The van der Waals surface area contributed by atoms with Gasteiger partial charge in [-0.2, -0.15) is 15.3 Å². The standard InChI is InChI=1S/C16H17N7O3.C16H19N7O.C10H5ClN6O2.C6H13NO/c24-23(25)14-10-19-15(12-8-20-22-4-3-17-9-13(12)22)21-16(14)18-7-11-1-5-26-6-2-11;17-13-9-20-15(12-8-21-23-4-3-18-10-14(12)23)22-16(13)19-7-11-1-5-24-6-2-11;11-9-8(17(18)19)5-13-10(15-9)6-3-14-16-2-1-12-4-7(6)16;7-5-6-1-3-8-4-2-6/h3-4,8-11H,1-2,5-7H2,(H,18,19,21);3-4,8-11H,1-2,5-7,17H2,(H,19,20,22);1-5H;6H,1-5,7H2. The molecule has 9 aromatic heterocycles. The van der Waals surface area contributed by atoms with E-state index in [2.05, 4.69) is 70.8 Å². The average molecular weight is 1070 g/mol. The zero-order valence-corrected chi connectivity index (χ0v) is 42.2. The number of aromatic nitrogens is 15. The molecule has 28 nitrogen and oxygen atoms in total. The monoisotopic (exact) mass is 1070 g/mol. The van der Waals surface area contributed by atoms with Crippen LogP contribution in [0.1, 0.15) is 38.5 Å². The predicted molar refractivity (Wildman–Crippen MR) is 281 cm³/mol. The Morgan fingerprint density at radius 3 is 1.35 bits per heavy atom. The highest BCUT2D eigenvalue weighted by atomic mass is 35.5. The number of nitrogens with one attached hydrogen (secondary N) is 2. The SMILES string of the molecule is NCC1CCOCC1.Nc1cnc(-c2cnn3ccncc23)nc1NCC1CCOCC1.O=[N+]([O-])c1cnc(-c2cnn3ccncc23)nc1Cl.O=[N+]([O-])c1cnc(-c2cnn3ccncc23)nc1NCC1CCOCC1. The van der Waals surface area contributed by atoms with Crippen molar-refractivity contribution in [3.05, 3.63) is 118 Å². The minimum atomic E-state index is -0.635. The topological polar surface area (TPSA) is 358 Å². The van der Waals surface area contributed by atoms with Gasteiger partial charge in [0.05, 0.1) is 92.2 Å². The molecule has 9 aromatic rings. The van der Waals surface area contributed by atoms with Crippen molar-refractivity contribution in [3.8, 4) is 34.2 Å². The summed E-state index contributed by atoms with van der Waals surface area (Å²) in [7, 11) is 0. The molecule has 0 amide bonds. The van der Waals surface area contributed by atoms with Crippen molar-refractivity contribution >= 4 is 56.8 Å². The number of nitro groups is 2. The molecule has 77 heavy (non-hydrogen) atoms. The molecule has 400 valence electrons. The minimum absolute atomic E-state index is 0.143. The van der Waals surface area contributed by atoms with Crippen molar-refractivity contribution in [1.82, 2.24) is 73.7 Å². The van der Waals surface area contributed by atoms with Crippen LogP contribution in [0.25, 0.3) is 50.7 Å². The molecule has 0 bridgehead atoms. The summed E-state index contributed by atoms with van der Waals surface area (Å²) in [6.07, 6.45) is 30.2. The highest BCUT2D eigenvalue weighted by Crippen LogP contribution is 2.30. The lowest BCUT2D eigenvalue weighted by Crippen LogP contribution is -2.23. The maximum absolute atomic E-state index is 11.3. The number of hydrogen-bond acceptors (Lipinski definition) is 23. The highest BCUT2D eigenvalue weighted by Gasteiger charge is 2.23. The number of nitrogens with zero attached hydrogens (tertiary/aromatic N) is 17. The third-order valence-electron chi connectivity index (χ3n) is 12.9. The summed E-state index contributed by atoms with van der Waals surface area (Å²) in [6.45, 7) is 7.21. The van der Waals surface area contributed by atoms with Gasteiger partial charge in [0.1, 0.15) is 12.4 Å². The molecule has 12 rings (SSSR count). The molecule has 0 saturated carbocycles. The maximum atomic E-state index is 11.3. The quantitative estimate of drug-likeness (QED) is 0.0651. The van der Waals surface area contributed by atoms with Gasteiger partial charge >= 0.3 is 11.4 Å².